The Labute approximate surface area is 127 Å². The SMILES string of the molecule is COCCNC(=O)COC(=O)Cc1ccc(Cl)cc1Cl. The van der Waals surface area contributed by atoms with E-state index in [2.05, 4.69) is 5.32 Å². The Kier molecular flexibility index (Phi) is 7.36. The minimum Gasteiger partial charge on any atom is -0.455 e. The average molecular weight is 320 g/mol. The number of hydrogen-bond acceptors (Lipinski definition) is 4. The lowest BCUT2D eigenvalue weighted by atomic mass is 10.1. The van der Waals surface area contributed by atoms with Crippen LogP contribution in [0.15, 0.2) is 18.2 Å². The number of ether oxygens (including phenoxy) is 2. The van der Waals surface area contributed by atoms with Crippen molar-refractivity contribution in [2.24, 2.45) is 0 Å². The number of nitrogens with one attached hydrogen (secondary N) is 1. The van der Waals surface area contributed by atoms with Crippen LogP contribution < -0.4 is 5.32 Å². The molecule has 1 rings (SSSR count). The molecule has 0 saturated heterocycles. The molecule has 0 radical (unpaired) electrons. The standard InChI is InChI=1S/C13H15Cl2NO4/c1-19-5-4-16-12(17)8-20-13(18)6-9-2-3-10(14)7-11(9)15/h2-3,7H,4-6,8H2,1H3,(H,16,17). The van der Waals surface area contributed by atoms with Crippen molar-refractivity contribution in [2.75, 3.05) is 26.9 Å². The van der Waals surface area contributed by atoms with Crippen molar-refractivity contribution >= 4 is 35.1 Å². The summed E-state index contributed by atoms with van der Waals surface area (Å²) in [5.74, 6) is -0.909. The third-order valence-electron chi connectivity index (χ3n) is 2.34. The van der Waals surface area contributed by atoms with Crippen LogP contribution in [-0.4, -0.2) is 38.7 Å². The van der Waals surface area contributed by atoms with Gasteiger partial charge in [-0.25, -0.2) is 0 Å². The zero-order chi connectivity index (χ0) is 15.0. The molecule has 1 aromatic carbocycles. The topological polar surface area (TPSA) is 64.6 Å². The highest BCUT2D eigenvalue weighted by molar-refractivity contribution is 6.35. The monoisotopic (exact) mass is 319 g/mol. The number of rotatable bonds is 7. The van der Waals surface area contributed by atoms with Crippen molar-refractivity contribution in [1.29, 1.82) is 0 Å². The third kappa shape index (κ3) is 6.23. The summed E-state index contributed by atoms with van der Waals surface area (Å²) >= 11 is 11.7. The van der Waals surface area contributed by atoms with Gasteiger partial charge in [0.2, 0.25) is 0 Å². The highest BCUT2D eigenvalue weighted by Crippen LogP contribution is 2.21. The molecule has 0 atom stereocenters. The van der Waals surface area contributed by atoms with E-state index >= 15 is 0 Å². The van der Waals surface area contributed by atoms with Crippen molar-refractivity contribution < 1.29 is 19.1 Å². The van der Waals surface area contributed by atoms with Crippen molar-refractivity contribution in [3.8, 4) is 0 Å². The van der Waals surface area contributed by atoms with Crippen molar-refractivity contribution in [3.63, 3.8) is 0 Å². The van der Waals surface area contributed by atoms with E-state index in [9.17, 15) is 9.59 Å². The van der Waals surface area contributed by atoms with E-state index in [1.54, 1.807) is 18.2 Å². The maximum absolute atomic E-state index is 11.6. The first-order valence-electron chi connectivity index (χ1n) is 5.88. The molecule has 0 fully saturated rings. The molecule has 7 heteroatoms. The van der Waals surface area contributed by atoms with Crippen molar-refractivity contribution in [2.45, 2.75) is 6.42 Å². The largest absolute Gasteiger partial charge is 0.455 e. The highest BCUT2D eigenvalue weighted by Gasteiger charge is 2.10. The van der Waals surface area contributed by atoms with Crippen LogP contribution in [0.25, 0.3) is 0 Å². The Hall–Kier alpha value is -1.30. The van der Waals surface area contributed by atoms with E-state index in [1.165, 1.54) is 7.11 Å². The molecular weight excluding hydrogens is 305 g/mol. The molecule has 0 heterocycles. The van der Waals surface area contributed by atoms with Gasteiger partial charge < -0.3 is 14.8 Å². The summed E-state index contributed by atoms with van der Waals surface area (Å²) < 4.78 is 9.61. The van der Waals surface area contributed by atoms with Crippen LogP contribution in [0.3, 0.4) is 0 Å². The normalized spacial score (nSPS) is 10.2. The number of amides is 1. The molecule has 0 aliphatic rings. The van der Waals surface area contributed by atoms with Crippen LogP contribution in [0.2, 0.25) is 10.0 Å². The van der Waals surface area contributed by atoms with Gasteiger partial charge in [-0.1, -0.05) is 29.3 Å². The zero-order valence-electron chi connectivity index (χ0n) is 10.9. The van der Waals surface area contributed by atoms with Gasteiger partial charge in [-0.05, 0) is 17.7 Å². The van der Waals surface area contributed by atoms with Crippen LogP contribution >= 0.6 is 23.2 Å². The first-order valence-corrected chi connectivity index (χ1v) is 6.63. The van der Waals surface area contributed by atoms with Gasteiger partial charge in [0.05, 0.1) is 13.0 Å². The summed E-state index contributed by atoms with van der Waals surface area (Å²) in [6, 6.07) is 4.82. The number of carbonyl (C=O) groups is 2. The Morgan fingerprint density at radius 1 is 1.30 bits per heavy atom. The van der Waals surface area contributed by atoms with Crippen LogP contribution in [0.4, 0.5) is 0 Å². The quantitative estimate of drug-likeness (QED) is 0.615. The van der Waals surface area contributed by atoms with Crippen LogP contribution in [0, 0.1) is 0 Å². The molecule has 0 bridgehead atoms. The number of hydrogen-bond donors (Lipinski definition) is 1. The van der Waals surface area contributed by atoms with Gasteiger partial charge in [-0.15, -0.1) is 0 Å². The summed E-state index contributed by atoms with van der Waals surface area (Å²) in [7, 11) is 1.53. The minimum atomic E-state index is -0.531. The van der Waals surface area contributed by atoms with Gasteiger partial charge in [-0.3, -0.25) is 9.59 Å². The van der Waals surface area contributed by atoms with Gasteiger partial charge >= 0.3 is 5.97 Å². The Bertz CT molecular complexity index is 479. The molecular formula is C13H15Cl2NO4. The first-order chi connectivity index (χ1) is 9.52. The van der Waals surface area contributed by atoms with E-state index in [0.717, 1.165) is 0 Å². The van der Waals surface area contributed by atoms with Gasteiger partial charge in [-0.2, -0.15) is 0 Å². The number of benzene rings is 1. The summed E-state index contributed by atoms with van der Waals surface area (Å²) in [6.07, 6.45) is -0.0125. The Morgan fingerprint density at radius 3 is 2.70 bits per heavy atom. The number of halogens is 2. The molecule has 20 heavy (non-hydrogen) atoms. The zero-order valence-corrected chi connectivity index (χ0v) is 12.5. The van der Waals surface area contributed by atoms with Gasteiger partial charge in [0.1, 0.15) is 0 Å². The molecule has 0 spiro atoms. The van der Waals surface area contributed by atoms with Crippen LogP contribution in [-0.2, 0) is 25.5 Å². The fourth-order valence-electron chi connectivity index (χ4n) is 1.36. The minimum absolute atomic E-state index is 0.0125. The molecule has 1 amide bonds. The maximum Gasteiger partial charge on any atom is 0.310 e. The summed E-state index contributed by atoms with van der Waals surface area (Å²) in [4.78, 5) is 22.9. The molecule has 110 valence electrons. The molecule has 1 aromatic rings. The molecule has 0 aliphatic heterocycles. The summed E-state index contributed by atoms with van der Waals surface area (Å²) in [5, 5.41) is 3.42. The lowest BCUT2D eigenvalue weighted by Gasteiger charge is -2.07. The first kappa shape index (κ1) is 16.8. The number of esters is 1. The average Bonchev–Trinajstić information content (AvgIpc) is 2.40. The fraction of sp³-hybridized carbons (Fsp3) is 0.385. The lowest BCUT2D eigenvalue weighted by molar-refractivity contribution is -0.147. The summed E-state index contributed by atoms with van der Waals surface area (Å²) in [6.45, 7) is 0.448. The fourth-order valence-corrected chi connectivity index (χ4v) is 1.84. The molecule has 0 unspecified atom stereocenters. The Morgan fingerprint density at radius 2 is 2.05 bits per heavy atom. The van der Waals surface area contributed by atoms with Crippen LogP contribution in [0.5, 0.6) is 0 Å². The molecule has 0 aromatic heterocycles. The van der Waals surface area contributed by atoms with E-state index in [-0.39, 0.29) is 18.9 Å². The third-order valence-corrected chi connectivity index (χ3v) is 2.93. The molecule has 1 N–H and O–H groups in total. The highest BCUT2D eigenvalue weighted by atomic mass is 35.5. The second-order valence-corrected chi connectivity index (χ2v) is 4.76. The van der Waals surface area contributed by atoms with Crippen LogP contribution in [0.1, 0.15) is 5.56 Å². The second-order valence-electron chi connectivity index (χ2n) is 3.92. The van der Waals surface area contributed by atoms with Crippen molar-refractivity contribution in [1.82, 2.24) is 5.32 Å². The van der Waals surface area contributed by atoms with Crippen molar-refractivity contribution in [3.05, 3.63) is 33.8 Å². The van der Waals surface area contributed by atoms with Gasteiger partial charge in [0.25, 0.3) is 5.91 Å². The number of carbonyl (C=O) groups excluding carboxylic acids is 2. The van der Waals surface area contributed by atoms with E-state index in [0.29, 0.717) is 28.8 Å². The van der Waals surface area contributed by atoms with E-state index in [1.807, 2.05) is 0 Å². The van der Waals surface area contributed by atoms with E-state index in [4.69, 9.17) is 32.7 Å². The summed E-state index contributed by atoms with van der Waals surface area (Å²) in [5.41, 5.74) is 0.598. The van der Waals surface area contributed by atoms with Gasteiger partial charge in [0.15, 0.2) is 6.61 Å². The Balaban J connectivity index is 2.34. The maximum atomic E-state index is 11.6. The van der Waals surface area contributed by atoms with E-state index < -0.39 is 5.97 Å². The molecule has 0 saturated carbocycles. The molecule has 0 aliphatic carbocycles. The number of methoxy groups -OCH3 is 1. The smallest absolute Gasteiger partial charge is 0.310 e. The predicted molar refractivity (Wildman–Crippen MR) is 76.0 cm³/mol. The second kappa shape index (κ2) is 8.79. The van der Waals surface area contributed by atoms with Gasteiger partial charge in [0, 0.05) is 23.7 Å². The lowest BCUT2D eigenvalue weighted by Crippen LogP contribution is -2.31. The molecule has 5 nitrogen and oxygen atoms in total. The predicted octanol–water partition coefficient (Wildman–Crippen LogP) is 1.84.